The number of hydrogen-bond donors (Lipinski definition) is 0. The Morgan fingerprint density at radius 2 is 1.88 bits per heavy atom. The Labute approximate surface area is 50.1 Å². The van der Waals surface area contributed by atoms with E-state index in [1.54, 1.807) is 0 Å². The summed E-state index contributed by atoms with van der Waals surface area (Å²) >= 11 is 0. The van der Waals surface area contributed by atoms with Crippen molar-refractivity contribution in [3.63, 3.8) is 0 Å². The van der Waals surface area contributed by atoms with Crippen molar-refractivity contribution in [1.29, 1.82) is 0 Å². The molecule has 2 heteroatoms. The van der Waals surface area contributed by atoms with Crippen LogP contribution in [0.5, 0.6) is 0 Å². The van der Waals surface area contributed by atoms with Crippen LogP contribution >= 0.6 is 0 Å². The molecule has 2 nitrogen and oxygen atoms in total. The van der Waals surface area contributed by atoms with Crippen LogP contribution in [-0.2, 0) is 5.21 Å². The van der Waals surface area contributed by atoms with Gasteiger partial charge in [0, 0.05) is 13.1 Å². The summed E-state index contributed by atoms with van der Waals surface area (Å²) in [5.74, 6) is 0.778. The molecule has 0 N–H and O–H groups in total. The van der Waals surface area contributed by atoms with Crippen LogP contribution in [-0.4, -0.2) is 18.2 Å². The summed E-state index contributed by atoms with van der Waals surface area (Å²) in [7, 11) is 0. The van der Waals surface area contributed by atoms with Crippen molar-refractivity contribution in [2.45, 2.75) is 19.8 Å². The Balaban J connectivity index is 2.19. The molecule has 0 amide bonds. The lowest BCUT2D eigenvalue weighted by Crippen LogP contribution is -2.28. The van der Waals surface area contributed by atoms with Crippen molar-refractivity contribution < 1.29 is 5.21 Å². The van der Waals surface area contributed by atoms with E-state index in [-0.39, 0.29) is 0 Å². The van der Waals surface area contributed by atoms with Gasteiger partial charge in [-0.2, -0.15) is 5.06 Å². The molecule has 1 radical (unpaired) electrons. The fourth-order valence-corrected chi connectivity index (χ4v) is 0.985. The monoisotopic (exact) mass is 114 g/mol. The first-order valence-corrected chi connectivity index (χ1v) is 3.21. The summed E-state index contributed by atoms with van der Waals surface area (Å²) in [6.07, 6.45) is 2.17. The van der Waals surface area contributed by atoms with Crippen molar-refractivity contribution in [2.24, 2.45) is 5.92 Å². The van der Waals surface area contributed by atoms with Crippen LogP contribution in [0.15, 0.2) is 0 Å². The Morgan fingerprint density at radius 1 is 1.38 bits per heavy atom. The maximum atomic E-state index is 10.5. The van der Waals surface area contributed by atoms with Gasteiger partial charge in [0.1, 0.15) is 0 Å². The predicted molar refractivity (Wildman–Crippen MR) is 30.7 cm³/mol. The van der Waals surface area contributed by atoms with Gasteiger partial charge in [-0.1, -0.05) is 6.92 Å². The average molecular weight is 114 g/mol. The van der Waals surface area contributed by atoms with E-state index < -0.39 is 0 Å². The summed E-state index contributed by atoms with van der Waals surface area (Å²) in [5, 5.41) is 11.7. The molecule has 0 unspecified atom stereocenters. The van der Waals surface area contributed by atoms with E-state index in [4.69, 9.17) is 0 Å². The van der Waals surface area contributed by atoms with Gasteiger partial charge in [0.2, 0.25) is 0 Å². The van der Waals surface area contributed by atoms with Crippen LogP contribution in [0.3, 0.4) is 0 Å². The molecule has 1 aliphatic heterocycles. The van der Waals surface area contributed by atoms with Crippen LogP contribution < -0.4 is 0 Å². The van der Waals surface area contributed by atoms with E-state index >= 15 is 0 Å². The minimum atomic E-state index is 0.751. The second-order valence-corrected chi connectivity index (χ2v) is 2.61. The first-order chi connectivity index (χ1) is 3.79. The summed E-state index contributed by atoms with van der Waals surface area (Å²) in [5.41, 5.74) is 0. The molecular formula is C6H12NO. The van der Waals surface area contributed by atoms with Crippen LogP contribution in [0.4, 0.5) is 0 Å². The van der Waals surface area contributed by atoms with Gasteiger partial charge in [0.05, 0.1) is 0 Å². The summed E-state index contributed by atoms with van der Waals surface area (Å²) in [6.45, 7) is 3.70. The van der Waals surface area contributed by atoms with E-state index in [0.29, 0.717) is 0 Å². The molecular weight excluding hydrogens is 102 g/mol. The number of piperidine rings is 1. The molecule has 1 heterocycles. The zero-order chi connectivity index (χ0) is 5.98. The number of nitrogens with zero attached hydrogens (tertiary/aromatic N) is 1. The largest absolute Gasteiger partial charge is 0.155 e. The zero-order valence-corrected chi connectivity index (χ0v) is 5.26. The molecule has 8 heavy (non-hydrogen) atoms. The van der Waals surface area contributed by atoms with E-state index in [2.05, 4.69) is 6.92 Å². The van der Waals surface area contributed by atoms with Gasteiger partial charge in [-0.05, 0) is 18.8 Å². The standard InChI is InChI=1S/C6H12NO/c1-6-2-4-7(8)5-3-6/h6H,2-5H2,1H3. The zero-order valence-electron chi connectivity index (χ0n) is 5.26. The highest BCUT2D eigenvalue weighted by atomic mass is 16.5. The fourth-order valence-electron chi connectivity index (χ4n) is 0.985. The first kappa shape index (κ1) is 6.05. The van der Waals surface area contributed by atoms with Crippen molar-refractivity contribution in [2.75, 3.05) is 13.1 Å². The normalized spacial score (nSPS) is 26.2. The van der Waals surface area contributed by atoms with Gasteiger partial charge in [0.25, 0.3) is 0 Å². The minimum absolute atomic E-state index is 0.751. The number of hydrogen-bond acceptors (Lipinski definition) is 1. The van der Waals surface area contributed by atoms with Gasteiger partial charge in [-0.25, -0.2) is 0 Å². The summed E-state index contributed by atoms with van der Waals surface area (Å²) in [4.78, 5) is 0. The van der Waals surface area contributed by atoms with Gasteiger partial charge >= 0.3 is 0 Å². The Morgan fingerprint density at radius 3 is 2.25 bits per heavy atom. The van der Waals surface area contributed by atoms with Crippen LogP contribution in [0.25, 0.3) is 0 Å². The van der Waals surface area contributed by atoms with Crippen molar-refractivity contribution in [3.8, 4) is 0 Å². The molecule has 1 aliphatic rings. The third-order valence-electron chi connectivity index (χ3n) is 1.74. The van der Waals surface area contributed by atoms with Crippen molar-refractivity contribution in [1.82, 2.24) is 5.06 Å². The summed E-state index contributed by atoms with van der Waals surface area (Å²) < 4.78 is 0. The SMILES string of the molecule is CC1CCN([O])CC1. The molecule has 1 rings (SSSR count). The predicted octanol–water partition coefficient (Wildman–Crippen LogP) is 1.06. The smallest absolute Gasteiger partial charge is 0.0274 e. The highest BCUT2D eigenvalue weighted by molar-refractivity contribution is 4.62. The van der Waals surface area contributed by atoms with E-state index in [1.807, 2.05) is 0 Å². The molecule has 1 saturated heterocycles. The second-order valence-electron chi connectivity index (χ2n) is 2.61. The Bertz CT molecular complexity index is 56.9. The number of hydroxylamine groups is 2. The maximum absolute atomic E-state index is 10.5. The van der Waals surface area contributed by atoms with Crippen LogP contribution in [0, 0.1) is 5.92 Å². The topological polar surface area (TPSA) is 23.1 Å². The number of rotatable bonds is 0. The maximum Gasteiger partial charge on any atom is 0.0274 e. The minimum Gasteiger partial charge on any atom is -0.155 e. The van der Waals surface area contributed by atoms with Gasteiger partial charge < -0.3 is 0 Å². The van der Waals surface area contributed by atoms with Crippen LogP contribution in [0.1, 0.15) is 19.8 Å². The molecule has 0 spiro atoms. The lowest BCUT2D eigenvalue weighted by Gasteiger charge is -2.22. The lowest BCUT2D eigenvalue weighted by molar-refractivity contribution is -0.171. The Kier molecular flexibility index (Phi) is 1.86. The molecule has 0 aromatic heterocycles. The van der Waals surface area contributed by atoms with Crippen LogP contribution in [0.2, 0.25) is 0 Å². The first-order valence-electron chi connectivity index (χ1n) is 3.21. The molecule has 0 bridgehead atoms. The fraction of sp³-hybridized carbons (Fsp3) is 1.00. The molecule has 0 saturated carbocycles. The average Bonchev–Trinajstić information content (AvgIpc) is 1.77. The third-order valence-corrected chi connectivity index (χ3v) is 1.74. The van der Waals surface area contributed by atoms with E-state index in [1.165, 1.54) is 0 Å². The highest BCUT2D eigenvalue weighted by Gasteiger charge is 2.13. The second kappa shape index (κ2) is 2.46. The Hall–Kier alpha value is -0.0800. The van der Waals surface area contributed by atoms with E-state index in [0.717, 1.165) is 36.9 Å². The van der Waals surface area contributed by atoms with Gasteiger partial charge in [-0.15, -0.1) is 5.21 Å². The third kappa shape index (κ3) is 1.46. The highest BCUT2D eigenvalue weighted by Crippen LogP contribution is 2.13. The molecule has 0 aliphatic carbocycles. The van der Waals surface area contributed by atoms with Gasteiger partial charge in [0.15, 0.2) is 0 Å². The van der Waals surface area contributed by atoms with Crippen molar-refractivity contribution >= 4 is 0 Å². The molecule has 0 aromatic carbocycles. The quantitative estimate of drug-likeness (QED) is 0.462. The van der Waals surface area contributed by atoms with Crippen molar-refractivity contribution in [3.05, 3.63) is 0 Å². The summed E-state index contributed by atoms with van der Waals surface area (Å²) in [6, 6.07) is 0. The van der Waals surface area contributed by atoms with E-state index in [9.17, 15) is 5.21 Å². The lowest BCUT2D eigenvalue weighted by atomic mass is 10.0. The molecule has 0 atom stereocenters. The molecule has 47 valence electrons. The molecule has 1 fully saturated rings. The molecule has 0 aromatic rings. The van der Waals surface area contributed by atoms with Gasteiger partial charge in [-0.3, -0.25) is 0 Å².